The van der Waals surface area contributed by atoms with Gasteiger partial charge in [0.15, 0.2) is 11.5 Å². The fourth-order valence-corrected chi connectivity index (χ4v) is 1.46. The monoisotopic (exact) mass is 246 g/mol. The Kier molecular flexibility index (Phi) is 3.47. The van der Waals surface area contributed by atoms with Crippen molar-refractivity contribution in [3.05, 3.63) is 30.5 Å². The van der Waals surface area contributed by atoms with Crippen molar-refractivity contribution in [3.8, 4) is 11.5 Å². The molecule has 0 aliphatic carbocycles. The van der Waals surface area contributed by atoms with Gasteiger partial charge in [-0.3, -0.25) is 0 Å². The minimum absolute atomic E-state index is 0.0623. The predicted octanol–water partition coefficient (Wildman–Crippen LogP) is 1.98. The Morgan fingerprint density at radius 3 is 2.78 bits per heavy atom. The molecule has 2 aromatic rings. The minimum atomic E-state index is 0.0623. The van der Waals surface area contributed by atoms with E-state index in [4.69, 9.17) is 4.74 Å². The molecular formula is C12H14N4O2. The van der Waals surface area contributed by atoms with Gasteiger partial charge in [0, 0.05) is 25.0 Å². The van der Waals surface area contributed by atoms with Crippen LogP contribution in [0.15, 0.2) is 30.5 Å². The van der Waals surface area contributed by atoms with Gasteiger partial charge in [-0.15, -0.1) is 0 Å². The Morgan fingerprint density at radius 1 is 1.28 bits per heavy atom. The second-order valence-corrected chi connectivity index (χ2v) is 3.53. The molecule has 0 aliphatic rings. The molecule has 0 amide bonds. The molecule has 0 saturated heterocycles. The molecule has 0 spiro atoms. The molecule has 1 heterocycles. The first-order valence-electron chi connectivity index (χ1n) is 5.38. The van der Waals surface area contributed by atoms with E-state index < -0.39 is 0 Å². The van der Waals surface area contributed by atoms with Crippen LogP contribution in [0.1, 0.15) is 0 Å². The van der Waals surface area contributed by atoms with Gasteiger partial charge < -0.3 is 20.5 Å². The zero-order valence-corrected chi connectivity index (χ0v) is 10.1. The standard InChI is InChI=1S/C12H14N4O2/c1-13-11-5-6-14-12(16-11)15-8-3-4-10(18-2)9(17)7-8/h3-7,17H,1-2H3,(H2,13,14,15,16). The van der Waals surface area contributed by atoms with Crippen LogP contribution >= 0.6 is 0 Å². The molecule has 0 atom stereocenters. The van der Waals surface area contributed by atoms with E-state index in [0.29, 0.717) is 23.2 Å². The maximum atomic E-state index is 9.65. The van der Waals surface area contributed by atoms with Crippen LogP contribution in [0, 0.1) is 0 Å². The van der Waals surface area contributed by atoms with E-state index in [1.165, 1.54) is 7.11 Å². The second kappa shape index (κ2) is 5.22. The van der Waals surface area contributed by atoms with Crippen molar-refractivity contribution in [2.75, 3.05) is 24.8 Å². The number of hydrogen-bond donors (Lipinski definition) is 3. The Morgan fingerprint density at radius 2 is 2.11 bits per heavy atom. The molecule has 1 aromatic carbocycles. The summed E-state index contributed by atoms with van der Waals surface area (Å²) in [5, 5.41) is 15.6. The van der Waals surface area contributed by atoms with Crippen molar-refractivity contribution < 1.29 is 9.84 Å². The number of methoxy groups -OCH3 is 1. The highest BCUT2D eigenvalue weighted by molar-refractivity contribution is 5.59. The van der Waals surface area contributed by atoms with Gasteiger partial charge in [-0.05, 0) is 18.2 Å². The number of aromatic nitrogens is 2. The normalized spacial score (nSPS) is 9.89. The lowest BCUT2D eigenvalue weighted by Crippen LogP contribution is -2.00. The quantitative estimate of drug-likeness (QED) is 0.765. The topological polar surface area (TPSA) is 79.3 Å². The van der Waals surface area contributed by atoms with Gasteiger partial charge >= 0.3 is 0 Å². The highest BCUT2D eigenvalue weighted by Gasteiger charge is 2.04. The molecule has 6 nitrogen and oxygen atoms in total. The first-order chi connectivity index (χ1) is 8.72. The van der Waals surface area contributed by atoms with E-state index in [9.17, 15) is 5.11 Å². The third kappa shape index (κ3) is 2.60. The van der Waals surface area contributed by atoms with E-state index in [2.05, 4.69) is 20.6 Å². The van der Waals surface area contributed by atoms with Crippen LogP contribution in [0.25, 0.3) is 0 Å². The van der Waals surface area contributed by atoms with Gasteiger partial charge in [-0.2, -0.15) is 4.98 Å². The van der Waals surface area contributed by atoms with Gasteiger partial charge in [-0.25, -0.2) is 4.98 Å². The van der Waals surface area contributed by atoms with E-state index >= 15 is 0 Å². The number of benzene rings is 1. The third-order valence-electron chi connectivity index (χ3n) is 2.35. The molecule has 1 aromatic heterocycles. The molecule has 0 saturated carbocycles. The van der Waals surface area contributed by atoms with Crippen LogP contribution < -0.4 is 15.4 Å². The smallest absolute Gasteiger partial charge is 0.229 e. The average molecular weight is 246 g/mol. The predicted molar refractivity (Wildman–Crippen MR) is 69.5 cm³/mol. The summed E-state index contributed by atoms with van der Waals surface area (Å²) >= 11 is 0. The molecule has 0 aliphatic heterocycles. The second-order valence-electron chi connectivity index (χ2n) is 3.53. The Labute approximate surface area is 105 Å². The molecule has 6 heteroatoms. The number of aromatic hydroxyl groups is 1. The number of phenols is 1. The summed E-state index contributed by atoms with van der Waals surface area (Å²) in [4.78, 5) is 8.29. The molecule has 18 heavy (non-hydrogen) atoms. The highest BCUT2D eigenvalue weighted by atomic mass is 16.5. The lowest BCUT2D eigenvalue weighted by atomic mass is 10.3. The lowest BCUT2D eigenvalue weighted by molar-refractivity contribution is 0.373. The van der Waals surface area contributed by atoms with E-state index in [0.717, 1.165) is 0 Å². The zero-order valence-electron chi connectivity index (χ0n) is 10.1. The van der Waals surface area contributed by atoms with Gasteiger partial charge in [0.25, 0.3) is 0 Å². The van der Waals surface area contributed by atoms with Crippen molar-refractivity contribution in [3.63, 3.8) is 0 Å². The summed E-state index contributed by atoms with van der Waals surface area (Å²) in [7, 11) is 3.28. The first-order valence-corrected chi connectivity index (χ1v) is 5.38. The molecule has 0 unspecified atom stereocenters. The number of ether oxygens (including phenoxy) is 1. The van der Waals surface area contributed by atoms with Gasteiger partial charge in [0.1, 0.15) is 5.82 Å². The average Bonchev–Trinajstić information content (AvgIpc) is 2.39. The fourth-order valence-electron chi connectivity index (χ4n) is 1.46. The number of nitrogens with one attached hydrogen (secondary N) is 2. The maximum Gasteiger partial charge on any atom is 0.229 e. The van der Waals surface area contributed by atoms with Crippen LogP contribution in [-0.4, -0.2) is 29.2 Å². The van der Waals surface area contributed by atoms with E-state index in [1.54, 1.807) is 37.5 Å². The summed E-state index contributed by atoms with van der Waals surface area (Å²) in [6.45, 7) is 0. The Hall–Kier alpha value is -2.50. The first kappa shape index (κ1) is 12.0. The van der Waals surface area contributed by atoms with E-state index in [-0.39, 0.29) is 5.75 Å². The maximum absolute atomic E-state index is 9.65. The minimum Gasteiger partial charge on any atom is -0.504 e. The van der Waals surface area contributed by atoms with Crippen molar-refractivity contribution in [1.29, 1.82) is 0 Å². The van der Waals surface area contributed by atoms with Gasteiger partial charge in [-0.1, -0.05) is 0 Å². The summed E-state index contributed by atoms with van der Waals surface area (Å²) in [5.74, 6) is 1.65. The van der Waals surface area contributed by atoms with Crippen LogP contribution in [-0.2, 0) is 0 Å². The van der Waals surface area contributed by atoms with Gasteiger partial charge in [0.2, 0.25) is 5.95 Å². The van der Waals surface area contributed by atoms with Crippen molar-refractivity contribution in [2.24, 2.45) is 0 Å². The van der Waals surface area contributed by atoms with Crippen LogP contribution in [0.2, 0.25) is 0 Å². The van der Waals surface area contributed by atoms with Crippen LogP contribution in [0.3, 0.4) is 0 Å². The van der Waals surface area contributed by atoms with Crippen LogP contribution in [0.5, 0.6) is 11.5 Å². The molecule has 0 radical (unpaired) electrons. The van der Waals surface area contributed by atoms with Crippen molar-refractivity contribution in [2.45, 2.75) is 0 Å². The number of nitrogens with zero attached hydrogens (tertiary/aromatic N) is 2. The fraction of sp³-hybridized carbons (Fsp3) is 0.167. The third-order valence-corrected chi connectivity index (χ3v) is 2.35. The number of hydrogen-bond acceptors (Lipinski definition) is 6. The number of rotatable bonds is 4. The largest absolute Gasteiger partial charge is 0.504 e. The highest BCUT2D eigenvalue weighted by Crippen LogP contribution is 2.29. The van der Waals surface area contributed by atoms with Crippen LogP contribution in [0.4, 0.5) is 17.5 Å². The SMILES string of the molecule is CNc1ccnc(Nc2ccc(OC)c(O)c2)n1. The molecule has 0 bridgehead atoms. The van der Waals surface area contributed by atoms with Crippen molar-refractivity contribution in [1.82, 2.24) is 9.97 Å². The molecule has 3 N–H and O–H groups in total. The lowest BCUT2D eigenvalue weighted by Gasteiger charge is -2.08. The van der Waals surface area contributed by atoms with E-state index in [1.807, 2.05) is 0 Å². The molecular weight excluding hydrogens is 232 g/mol. The summed E-state index contributed by atoms with van der Waals surface area (Å²) < 4.78 is 4.97. The molecule has 94 valence electrons. The molecule has 2 rings (SSSR count). The number of phenolic OH excluding ortho intramolecular Hbond substituents is 1. The zero-order chi connectivity index (χ0) is 13.0. The number of anilines is 3. The Balaban J connectivity index is 2.20. The summed E-state index contributed by atoms with van der Waals surface area (Å²) in [6.07, 6.45) is 1.64. The molecule has 0 fully saturated rings. The summed E-state index contributed by atoms with van der Waals surface area (Å²) in [6, 6.07) is 6.75. The summed E-state index contributed by atoms with van der Waals surface area (Å²) in [5.41, 5.74) is 0.682. The van der Waals surface area contributed by atoms with Crippen molar-refractivity contribution >= 4 is 17.5 Å². The van der Waals surface area contributed by atoms with Gasteiger partial charge in [0.05, 0.1) is 7.11 Å². The Bertz CT molecular complexity index is 545.